The van der Waals surface area contributed by atoms with Crippen molar-refractivity contribution in [3.63, 3.8) is 0 Å². The first kappa shape index (κ1) is 17.4. The molecule has 1 aromatic heterocycles. The monoisotopic (exact) mass is 341 g/mol. The van der Waals surface area contributed by atoms with Crippen LogP contribution in [-0.2, 0) is 11.2 Å². The fourth-order valence-corrected chi connectivity index (χ4v) is 3.02. The molecule has 132 valence electrons. The number of morpholine rings is 1. The molecule has 1 saturated heterocycles. The smallest absolute Gasteiger partial charge is 0.252 e. The summed E-state index contributed by atoms with van der Waals surface area (Å²) >= 11 is 0. The van der Waals surface area contributed by atoms with Crippen molar-refractivity contribution in [2.45, 2.75) is 12.5 Å². The third kappa shape index (κ3) is 5.01. The zero-order valence-electron chi connectivity index (χ0n) is 14.1. The van der Waals surface area contributed by atoms with E-state index in [1.54, 1.807) is 0 Å². The molecular formula is C19H23N3O3. The fraction of sp³-hybridized carbons (Fsp3) is 0.368. The van der Waals surface area contributed by atoms with Crippen molar-refractivity contribution in [2.24, 2.45) is 0 Å². The van der Waals surface area contributed by atoms with Crippen LogP contribution >= 0.6 is 0 Å². The Morgan fingerprint density at radius 2 is 1.92 bits per heavy atom. The van der Waals surface area contributed by atoms with E-state index in [4.69, 9.17) is 4.74 Å². The van der Waals surface area contributed by atoms with Crippen molar-refractivity contribution in [3.8, 4) is 0 Å². The minimum atomic E-state index is -0.216. The number of hydrogen-bond donors (Lipinski definition) is 2. The highest BCUT2D eigenvalue weighted by Gasteiger charge is 2.22. The summed E-state index contributed by atoms with van der Waals surface area (Å²) in [6, 6.07) is 13.4. The van der Waals surface area contributed by atoms with Gasteiger partial charge in [-0.25, -0.2) is 0 Å². The summed E-state index contributed by atoms with van der Waals surface area (Å²) in [5.41, 5.74) is 1.49. The second kappa shape index (κ2) is 8.60. The second-order valence-corrected chi connectivity index (χ2v) is 6.14. The zero-order valence-corrected chi connectivity index (χ0v) is 14.1. The Bertz CT molecular complexity index is 719. The van der Waals surface area contributed by atoms with E-state index >= 15 is 0 Å². The van der Waals surface area contributed by atoms with Crippen LogP contribution in [0.2, 0.25) is 0 Å². The predicted molar refractivity (Wildman–Crippen MR) is 95.7 cm³/mol. The molecule has 0 bridgehead atoms. The Morgan fingerprint density at radius 1 is 1.16 bits per heavy atom. The lowest BCUT2D eigenvalue weighted by molar-refractivity contribution is 0.0167. The first-order valence-corrected chi connectivity index (χ1v) is 8.55. The topological polar surface area (TPSA) is 74.4 Å². The molecule has 6 nitrogen and oxygen atoms in total. The van der Waals surface area contributed by atoms with Crippen molar-refractivity contribution < 1.29 is 9.53 Å². The maximum Gasteiger partial charge on any atom is 0.252 e. The lowest BCUT2D eigenvalue weighted by Crippen LogP contribution is -2.49. The van der Waals surface area contributed by atoms with Gasteiger partial charge in [0.15, 0.2) is 0 Å². The average Bonchev–Trinajstić information content (AvgIpc) is 2.67. The minimum Gasteiger partial charge on any atom is -0.379 e. The number of carbonyl (C=O) groups excluding carboxylic acids is 1. The second-order valence-electron chi connectivity index (χ2n) is 6.14. The molecule has 1 aliphatic heterocycles. The Morgan fingerprint density at radius 3 is 2.60 bits per heavy atom. The molecule has 3 rings (SSSR count). The molecule has 1 unspecified atom stereocenters. The maximum absolute atomic E-state index is 12.3. The number of carbonyl (C=O) groups is 1. The maximum atomic E-state index is 12.3. The van der Waals surface area contributed by atoms with E-state index in [1.807, 2.05) is 18.2 Å². The zero-order chi connectivity index (χ0) is 17.5. The summed E-state index contributed by atoms with van der Waals surface area (Å²) in [6.45, 7) is 3.73. The van der Waals surface area contributed by atoms with Crippen molar-refractivity contribution in [1.82, 2.24) is 15.2 Å². The van der Waals surface area contributed by atoms with Gasteiger partial charge in [0.25, 0.3) is 5.91 Å². The number of nitrogens with zero attached hydrogens (tertiary/aromatic N) is 1. The van der Waals surface area contributed by atoms with Gasteiger partial charge < -0.3 is 15.0 Å². The molecule has 1 atom stereocenters. The summed E-state index contributed by atoms with van der Waals surface area (Å²) in [6.07, 6.45) is 2.31. The SMILES string of the molecule is O=C(NCC(Cc1ccccc1)N1CCOCC1)c1ccc(=O)[nH]c1. The number of H-pyrrole nitrogens is 1. The summed E-state index contributed by atoms with van der Waals surface area (Å²) < 4.78 is 5.44. The number of amides is 1. The van der Waals surface area contributed by atoms with Gasteiger partial charge in [-0.1, -0.05) is 30.3 Å². The van der Waals surface area contributed by atoms with E-state index in [0.717, 1.165) is 32.7 Å². The van der Waals surface area contributed by atoms with Crippen molar-refractivity contribution >= 4 is 5.91 Å². The molecule has 1 amide bonds. The first-order valence-electron chi connectivity index (χ1n) is 8.55. The summed E-state index contributed by atoms with van der Waals surface area (Å²) in [5, 5.41) is 2.99. The molecule has 0 spiro atoms. The highest BCUT2D eigenvalue weighted by Crippen LogP contribution is 2.11. The van der Waals surface area contributed by atoms with Crippen LogP contribution in [0, 0.1) is 0 Å². The summed E-state index contributed by atoms with van der Waals surface area (Å²) in [7, 11) is 0. The lowest BCUT2D eigenvalue weighted by atomic mass is 10.0. The van der Waals surface area contributed by atoms with Crippen LogP contribution in [0.15, 0.2) is 53.5 Å². The molecule has 1 aromatic carbocycles. The van der Waals surface area contributed by atoms with E-state index in [1.165, 1.54) is 23.9 Å². The highest BCUT2D eigenvalue weighted by atomic mass is 16.5. The van der Waals surface area contributed by atoms with Gasteiger partial charge >= 0.3 is 0 Å². The molecule has 6 heteroatoms. The van der Waals surface area contributed by atoms with E-state index in [2.05, 4.69) is 27.3 Å². The molecule has 2 aromatic rings. The van der Waals surface area contributed by atoms with Crippen LogP contribution in [0.5, 0.6) is 0 Å². The Kier molecular flexibility index (Phi) is 5.98. The number of aromatic nitrogens is 1. The van der Waals surface area contributed by atoms with Crippen LogP contribution in [0.4, 0.5) is 0 Å². The van der Waals surface area contributed by atoms with Gasteiger partial charge in [0.1, 0.15) is 0 Å². The number of hydrogen-bond acceptors (Lipinski definition) is 4. The van der Waals surface area contributed by atoms with Gasteiger partial charge in [0.2, 0.25) is 5.56 Å². The van der Waals surface area contributed by atoms with E-state index in [0.29, 0.717) is 12.1 Å². The Balaban J connectivity index is 1.65. The van der Waals surface area contributed by atoms with E-state index in [-0.39, 0.29) is 17.5 Å². The van der Waals surface area contributed by atoms with Crippen LogP contribution in [0.25, 0.3) is 0 Å². The Labute approximate surface area is 146 Å². The summed E-state index contributed by atoms with van der Waals surface area (Å²) in [4.78, 5) is 28.3. The molecule has 0 radical (unpaired) electrons. The molecule has 25 heavy (non-hydrogen) atoms. The van der Waals surface area contributed by atoms with Gasteiger partial charge in [0, 0.05) is 37.9 Å². The third-order valence-electron chi connectivity index (χ3n) is 4.42. The van der Waals surface area contributed by atoms with Gasteiger partial charge in [-0.15, -0.1) is 0 Å². The molecular weight excluding hydrogens is 318 g/mol. The van der Waals surface area contributed by atoms with Crippen molar-refractivity contribution in [2.75, 3.05) is 32.8 Å². The Hall–Kier alpha value is -2.44. The van der Waals surface area contributed by atoms with Crippen LogP contribution in [-0.4, -0.2) is 54.7 Å². The molecule has 2 N–H and O–H groups in total. The number of nitrogens with one attached hydrogen (secondary N) is 2. The quantitative estimate of drug-likeness (QED) is 0.824. The highest BCUT2D eigenvalue weighted by molar-refractivity contribution is 5.93. The van der Waals surface area contributed by atoms with E-state index < -0.39 is 0 Å². The largest absolute Gasteiger partial charge is 0.379 e. The molecule has 0 aliphatic carbocycles. The van der Waals surface area contributed by atoms with Gasteiger partial charge in [0.05, 0.1) is 18.8 Å². The predicted octanol–water partition coefficient (Wildman–Crippen LogP) is 1.05. The fourth-order valence-electron chi connectivity index (χ4n) is 3.02. The molecule has 1 aliphatic rings. The van der Waals surface area contributed by atoms with Crippen LogP contribution in [0.3, 0.4) is 0 Å². The van der Waals surface area contributed by atoms with Crippen LogP contribution < -0.4 is 10.9 Å². The average molecular weight is 341 g/mol. The van der Waals surface area contributed by atoms with Gasteiger partial charge in [-0.3, -0.25) is 14.5 Å². The normalized spacial score (nSPS) is 16.3. The van der Waals surface area contributed by atoms with Crippen LogP contribution in [0.1, 0.15) is 15.9 Å². The van der Waals surface area contributed by atoms with E-state index in [9.17, 15) is 9.59 Å². The summed E-state index contributed by atoms with van der Waals surface area (Å²) in [5.74, 6) is -0.178. The standard InChI is InChI=1S/C19H23N3O3/c23-18-7-6-16(13-20-18)19(24)21-14-17(22-8-10-25-11-9-22)12-15-4-2-1-3-5-15/h1-7,13,17H,8-12,14H2,(H,20,23)(H,21,24). The number of rotatable bonds is 6. The lowest BCUT2D eigenvalue weighted by Gasteiger charge is -2.34. The van der Waals surface area contributed by atoms with Crippen molar-refractivity contribution in [3.05, 3.63) is 70.1 Å². The minimum absolute atomic E-state index is 0.178. The van der Waals surface area contributed by atoms with Crippen molar-refractivity contribution in [1.29, 1.82) is 0 Å². The number of aromatic amines is 1. The van der Waals surface area contributed by atoms with Gasteiger partial charge in [-0.05, 0) is 18.1 Å². The number of ether oxygens (including phenoxy) is 1. The first-order chi connectivity index (χ1) is 12.2. The number of pyridine rings is 1. The molecule has 1 fully saturated rings. The molecule has 0 saturated carbocycles. The number of benzene rings is 1. The molecule has 2 heterocycles. The van der Waals surface area contributed by atoms with Gasteiger partial charge in [-0.2, -0.15) is 0 Å². The third-order valence-corrected chi connectivity index (χ3v) is 4.42.